The summed E-state index contributed by atoms with van der Waals surface area (Å²) in [5.41, 5.74) is -1.49. The number of carbonyl (C=O) groups is 1. The highest BCUT2D eigenvalue weighted by Crippen LogP contribution is 2.32. The summed E-state index contributed by atoms with van der Waals surface area (Å²) in [4.78, 5) is 17.5. The Labute approximate surface area is 149 Å². The van der Waals surface area contributed by atoms with Crippen molar-refractivity contribution >= 4 is 23.5 Å². The molecule has 1 aromatic heterocycles. The van der Waals surface area contributed by atoms with Gasteiger partial charge in [0, 0.05) is 25.3 Å². The Hall–Kier alpha value is -1.70. The molecule has 140 valence electrons. The molecule has 1 atom stereocenters. The Balaban J connectivity index is 2.02. The lowest BCUT2D eigenvalue weighted by molar-refractivity contribution is -0.137. The molecule has 1 N–H and O–H groups in total. The molecule has 0 aromatic carbocycles. The van der Waals surface area contributed by atoms with Crippen molar-refractivity contribution in [3.63, 3.8) is 0 Å². The average molecular weight is 380 g/mol. The molecule has 2 rings (SSSR count). The van der Waals surface area contributed by atoms with Gasteiger partial charge < -0.3 is 15.0 Å². The second-order valence-electron chi connectivity index (χ2n) is 6.96. The first-order valence-corrected chi connectivity index (χ1v) is 8.31. The molecule has 1 aromatic rings. The number of alkyl halides is 3. The van der Waals surface area contributed by atoms with Gasteiger partial charge >= 0.3 is 12.3 Å². The highest BCUT2D eigenvalue weighted by atomic mass is 35.5. The van der Waals surface area contributed by atoms with Crippen LogP contribution < -0.4 is 5.32 Å². The van der Waals surface area contributed by atoms with Crippen LogP contribution in [0.4, 0.5) is 23.8 Å². The van der Waals surface area contributed by atoms with E-state index in [-0.39, 0.29) is 16.9 Å². The predicted octanol–water partition coefficient (Wildman–Crippen LogP) is 4.57. The number of aromatic nitrogens is 1. The Morgan fingerprint density at radius 1 is 1.40 bits per heavy atom. The molecule has 0 bridgehead atoms. The van der Waals surface area contributed by atoms with Crippen LogP contribution in [-0.2, 0) is 10.9 Å². The number of rotatable bonds is 2. The largest absolute Gasteiger partial charge is 0.444 e. The van der Waals surface area contributed by atoms with Crippen molar-refractivity contribution in [2.24, 2.45) is 0 Å². The van der Waals surface area contributed by atoms with Gasteiger partial charge in [0.25, 0.3) is 0 Å². The van der Waals surface area contributed by atoms with Crippen LogP contribution in [0.15, 0.2) is 12.3 Å². The standard InChI is InChI=1S/C16H21ClF3N3O2/c1-15(2,3)25-14(24)23-6-4-5-11(9-23)22-13-12(17)7-10(8-21-13)16(18,19)20/h7-8,11H,4-6,9H2,1-3H3,(H,21,22)/t11-/m1/s1. The Bertz CT molecular complexity index is 632. The maximum atomic E-state index is 12.7. The number of hydrogen-bond donors (Lipinski definition) is 1. The molecule has 1 fully saturated rings. The maximum absolute atomic E-state index is 12.7. The first kappa shape index (κ1) is 19.6. The number of amides is 1. The maximum Gasteiger partial charge on any atom is 0.417 e. The molecule has 9 heteroatoms. The molecule has 25 heavy (non-hydrogen) atoms. The van der Waals surface area contributed by atoms with Crippen molar-refractivity contribution in [1.29, 1.82) is 0 Å². The van der Waals surface area contributed by atoms with Crippen molar-refractivity contribution < 1.29 is 22.7 Å². The highest BCUT2D eigenvalue weighted by molar-refractivity contribution is 6.33. The van der Waals surface area contributed by atoms with Crippen molar-refractivity contribution in [2.75, 3.05) is 18.4 Å². The predicted molar refractivity (Wildman–Crippen MR) is 88.7 cm³/mol. The van der Waals surface area contributed by atoms with Crippen LogP contribution in [0.1, 0.15) is 39.2 Å². The topological polar surface area (TPSA) is 54.5 Å². The number of pyridine rings is 1. The normalized spacial score (nSPS) is 18.8. The molecule has 1 saturated heterocycles. The van der Waals surface area contributed by atoms with Crippen LogP contribution in [-0.4, -0.2) is 40.7 Å². The van der Waals surface area contributed by atoms with E-state index in [4.69, 9.17) is 16.3 Å². The number of ether oxygens (including phenoxy) is 1. The third-order valence-corrected chi connectivity index (χ3v) is 3.87. The van der Waals surface area contributed by atoms with Gasteiger partial charge in [0.15, 0.2) is 0 Å². The summed E-state index contributed by atoms with van der Waals surface area (Å²) in [5, 5.41) is 2.91. The van der Waals surface area contributed by atoms with Crippen molar-refractivity contribution in [3.8, 4) is 0 Å². The van der Waals surface area contributed by atoms with Gasteiger partial charge in [0.1, 0.15) is 11.4 Å². The molecule has 0 radical (unpaired) electrons. The molecule has 5 nitrogen and oxygen atoms in total. The highest BCUT2D eigenvalue weighted by Gasteiger charge is 2.32. The quantitative estimate of drug-likeness (QED) is 0.818. The molecule has 1 aliphatic rings. The number of halogens is 4. The van der Waals surface area contributed by atoms with Crippen molar-refractivity contribution in [3.05, 3.63) is 22.8 Å². The van der Waals surface area contributed by atoms with Gasteiger partial charge in [-0.1, -0.05) is 11.6 Å². The molecule has 0 aliphatic carbocycles. The van der Waals surface area contributed by atoms with E-state index in [0.717, 1.165) is 25.1 Å². The summed E-state index contributed by atoms with van der Waals surface area (Å²) in [6, 6.07) is 0.675. The fourth-order valence-corrected chi connectivity index (χ4v) is 2.70. The minimum atomic E-state index is -4.49. The van der Waals surface area contributed by atoms with E-state index in [0.29, 0.717) is 13.1 Å². The molecule has 1 aliphatic heterocycles. The Morgan fingerprint density at radius 3 is 2.64 bits per heavy atom. The van der Waals surface area contributed by atoms with Crippen LogP contribution >= 0.6 is 11.6 Å². The second-order valence-corrected chi connectivity index (χ2v) is 7.37. The summed E-state index contributed by atoms with van der Waals surface area (Å²) in [5.74, 6) is 0.172. The number of nitrogens with one attached hydrogen (secondary N) is 1. The molecule has 2 heterocycles. The summed E-state index contributed by atoms with van der Waals surface area (Å²) in [7, 11) is 0. The lowest BCUT2D eigenvalue weighted by Crippen LogP contribution is -2.47. The monoisotopic (exact) mass is 379 g/mol. The first-order valence-electron chi connectivity index (χ1n) is 7.93. The van der Waals surface area contributed by atoms with E-state index in [2.05, 4.69) is 10.3 Å². The lowest BCUT2D eigenvalue weighted by Gasteiger charge is -2.34. The van der Waals surface area contributed by atoms with E-state index >= 15 is 0 Å². The second kappa shape index (κ2) is 7.27. The Morgan fingerprint density at radius 2 is 2.08 bits per heavy atom. The minimum Gasteiger partial charge on any atom is -0.444 e. The summed E-state index contributed by atoms with van der Waals surface area (Å²) >= 11 is 5.91. The Kier molecular flexibility index (Phi) is 5.71. The van der Waals surface area contributed by atoms with Crippen LogP contribution in [0.3, 0.4) is 0 Å². The zero-order chi connectivity index (χ0) is 18.8. The molecular weight excluding hydrogens is 359 g/mol. The molecule has 1 amide bonds. The van der Waals surface area contributed by atoms with Crippen molar-refractivity contribution in [1.82, 2.24) is 9.88 Å². The fraction of sp³-hybridized carbons (Fsp3) is 0.625. The van der Waals surface area contributed by atoms with Crippen LogP contribution in [0.5, 0.6) is 0 Å². The van der Waals surface area contributed by atoms with Crippen molar-refractivity contribution in [2.45, 2.75) is 51.4 Å². The van der Waals surface area contributed by atoms with Gasteiger partial charge in [0.2, 0.25) is 0 Å². The third kappa shape index (κ3) is 5.66. The number of hydrogen-bond acceptors (Lipinski definition) is 4. The van der Waals surface area contributed by atoms with Crippen LogP contribution in [0.2, 0.25) is 5.02 Å². The summed E-state index contributed by atoms with van der Waals surface area (Å²) in [6.07, 6.45) is -2.67. The third-order valence-electron chi connectivity index (χ3n) is 3.58. The van der Waals surface area contributed by atoms with Crippen LogP contribution in [0.25, 0.3) is 0 Å². The zero-order valence-electron chi connectivity index (χ0n) is 14.3. The number of carbonyl (C=O) groups excluding carboxylic acids is 1. The van der Waals surface area contributed by atoms with E-state index in [9.17, 15) is 18.0 Å². The molecule has 0 saturated carbocycles. The van der Waals surface area contributed by atoms with E-state index in [1.165, 1.54) is 0 Å². The van der Waals surface area contributed by atoms with Gasteiger partial charge in [-0.15, -0.1) is 0 Å². The van der Waals surface area contributed by atoms with E-state index < -0.39 is 23.4 Å². The van der Waals surface area contributed by atoms with Gasteiger partial charge in [-0.05, 0) is 39.7 Å². The molecule has 0 spiro atoms. The van der Waals surface area contributed by atoms with E-state index in [1.807, 2.05) is 0 Å². The SMILES string of the molecule is CC(C)(C)OC(=O)N1CCC[C@@H](Nc2ncc(C(F)(F)F)cc2Cl)C1. The van der Waals surface area contributed by atoms with Gasteiger partial charge in [-0.25, -0.2) is 9.78 Å². The summed E-state index contributed by atoms with van der Waals surface area (Å²) in [6.45, 7) is 6.30. The average Bonchev–Trinajstić information content (AvgIpc) is 2.47. The van der Waals surface area contributed by atoms with Gasteiger partial charge in [-0.3, -0.25) is 0 Å². The first-order chi connectivity index (χ1) is 11.5. The number of anilines is 1. The van der Waals surface area contributed by atoms with Gasteiger partial charge in [-0.2, -0.15) is 13.2 Å². The van der Waals surface area contributed by atoms with Crippen LogP contribution in [0, 0.1) is 0 Å². The molecule has 0 unspecified atom stereocenters. The zero-order valence-corrected chi connectivity index (χ0v) is 15.0. The minimum absolute atomic E-state index is 0.107. The van der Waals surface area contributed by atoms with Gasteiger partial charge in [0.05, 0.1) is 10.6 Å². The molecular formula is C16H21ClF3N3O2. The van der Waals surface area contributed by atoms with E-state index in [1.54, 1.807) is 25.7 Å². The number of likely N-dealkylation sites (tertiary alicyclic amines) is 1. The lowest BCUT2D eigenvalue weighted by atomic mass is 10.1. The fourth-order valence-electron chi connectivity index (χ4n) is 2.48. The number of piperidine rings is 1. The number of nitrogens with zero attached hydrogens (tertiary/aromatic N) is 2. The summed E-state index contributed by atoms with van der Waals surface area (Å²) < 4.78 is 43.3. The smallest absolute Gasteiger partial charge is 0.417 e.